The summed E-state index contributed by atoms with van der Waals surface area (Å²) in [6, 6.07) is 8.86. The zero-order chi connectivity index (χ0) is 13.0. The van der Waals surface area contributed by atoms with E-state index >= 15 is 0 Å². The molecule has 18 heavy (non-hydrogen) atoms. The average Bonchev–Trinajstić information content (AvgIpc) is 2.39. The molecule has 1 unspecified atom stereocenters. The van der Waals surface area contributed by atoms with Crippen molar-refractivity contribution in [2.45, 2.75) is 32.2 Å². The summed E-state index contributed by atoms with van der Waals surface area (Å²) in [4.78, 5) is 2.27. The van der Waals surface area contributed by atoms with Gasteiger partial charge in [-0.3, -0.25) is 0 Å². The lowest BCUT2D eigenvalue weighted by atomic mass is 10.0. The monoisotopic (exact) mass is 243 g/mol. The Morgan fingerprint density at radius 3 is 2.89 bits per heavy atom. The molecule has 1 aromatic carbocycles. The number of anilines is 1. The van der Waals surface area contributed by atoms with E-state index in [0.29, 0.717) is 6.04 Å². The largest absolute Gasteiger partial charge is 0.373 e. The molecule has 0 saturated carbocycles. The number of hydrogen-bond donors (Lipinski definition) is 1. The lowest BCUT2D eigenvalue weighted by Crippen LogP contribution is -2.42. The molecule has 1 aromatic rings. The first kappa shape index (κ1) is 12.9. The number of aryl methyl sites for hydroxylation is 1. The van der Waals surface area contributed by atoms with Crippen molar-refractivity contribution in [3.63, 3.8) is 0 Å². The number of rotatable bonds is 3. The van der Waals surface area contributed by atoms with E-state index in [4.69, 9.17) is 5.26 Å². The van der Waals surface area contributed by atoms with Crippen LogP contribution >= 0.6 is 0 Å². The molecular weight excluding hydrogens is 222 g/mol. The highest BCUT2D eigenvalue weighted by Crippen LogP contribution is 2.19. The highest BCUT2D eigenvalue weighted by molar-refractivity contribution is 5.53. The molecule has 1 atom stereocenters. The Kier molecular flexibility index (Phi) is 4.22. The maximum absolute atomic E-state index is 8.94. The number of piperidine rings is 1. The summed E-state index contributed by atoms with van der Waals surface area (Å²) in [6.45, 7) is 4.17. The first-order chi connectivity index (χ1) is 8.70. The van der Waals surface area contributed by atoms with E-state index in [1.165, 1.54) is 24.9 Å². The van der Waals surface area contributed by atoms with Crippen LogP contribution < -0.4 is 10.2 Å². The molecule has 3 heteroatoms. The Bertz CT molecular complexity index is 442. The molecule has 1 saturated heterocycles. The molecule has 1 heterocycles. The van der Waals surface area contributed by atoms with Gasteiger partial charge >= 0.3 is 0 Å². The van der Waals surface area contributed by atoms with E-state index in [1.54, 1.807) is 0 Å². The molecule has 3 nitrogen and oxygen atoms in total. The average molecular weight is 243 g/mol. The minimum atomic E-state index is 0.597. The van der Waals surface area contributed by atoms with Crippen LogP contribution in [0.1, 0.15) is 30.4 Å². The van der Waals surface area contributed by atoms with Gasteiger partial charge in [-0.05, 0) is 50.1 Å². The molecule has 0 amide bonds. The molecule has 0 aromatic heterocycles. The summed E-state index contributed by atoms with van der Waals surface area (Å²) in [5, 5.41) is 12.5. The third kappa shape index (κ3) is 3.02. The molecule has 1 N–H and O–H groups in total. The normalized spacial score (nSPS) is 19.3. The zero-order valence-corrected chi connectivity index (χ0v) is 11.2. The molecule has 2 rings (SSSR count). The lowest BCUT2D eigenvalue weighted by molar-refractivity contribution is 0.403. The van der Waals surface area contributed by atoms with Gasteiger partial charge in [-0.15, -0.1) is 0 Å². The molecule has 0 bridgehead atoms. The summed E-state index contributed by atoms with van der Waals surface area (Å²) in [5.74, 6) is 0. The molecule has 1 aliphatic heterocycles. The summed E-state index contributed by atoms with van der Waals surface area (Å²) in [5.41, 5.74) is 3.01. The van der Waals surface area contributed by atoms with E-state index in [-0.39, 0.29) is 0 Å². The van der Waals surface area contributed by atoms with E-state index in [2.05, 4.69) is 29.4 Å². The van der Waals surface area contributed by atoms with Crippen LogP contribution in [0.2, 0.25) is 0 Å². The van der Waals surface area contributed by atoms with Crippen molar-refractivity contribution in [3.8, 4) is 6.07 Å². The van der Waals surface area contributed by atoms with Gasteiger partial charge in [-0.2, -0.15) is 5.26 Å². The molecule has 96 valence electrons. The molecule has 1 fully saturated rings. The summed E-state index contributed by atoms with van der Waals surface area (Å²) in [6.07, 6.45) is 3.90. The van der Waals surface area contributed by atoms with Crippen molar-refractivity contribution in [1.29, 1.82) is 5.26 Å². The third-order valence-corrected chi connectivity index (χ3v) is 3.68. The van der Waals surface area contributed by atoms with Gasteiger partial charge in [-0.25, -0.2) is 0 Å². The molecule has 0 radical (unpaired) electrons. The van der Waals surface area contributed by atoms with Crippen LogP contribution in [0, 0.1) is 18.3 Å². The van der Waals surface area contributed by atoms with Crippen LogP contribution in [-0.2, 0) is 0 Å². The maximum Gasteiger partial charge on any atom is 0.0994 e. The highest BCUT2D eigenvalue weighted by Gasteiger charge is 2.15. The zero-order valence-electron chi connectivity index (χ0n) is 11.2. The van der Waals surface area contributed by atoms with Gasteiger partial charge in [0, 0.05) is 25.3 Å². The molecule has 1 aliphatic rings. The Labute approximate surface area is 109 Å². The number of benzene rings is 1. The van der Waals surface area contributed by atoms with Gasteiger partial charge in [0.1, 0.15) is 0 Å². The van der Waals surface area contributed by atoms with E-state index in [0.717, 1.165) is 24.2 Å². The van der Waals surface area contributed by atoms with Gasteiger partial charge in [0.05, 0.1) is 11.6 Å². The Balaban J connectivity index is 2.02. The Morgan fingerprint density at radius 2 is 2.28 bits per heavy atom. The lowest BCUT2D eigenvalue weighted by Gasteiger charge is -2.29. The minimum Gasteiger partial charge on any atom is -0.373 e. The van der Waals surface area contributed by atoms with Crippen molar-refractivity contribution in [2.75, 3.05) is 25.0 Å². The molecule has 0 aliphatic carbocycles. The predicted molar refractivity (Wildman–Crippen MR) is 74.8 cm³/mol. The topological polar surface area (TPSA) is 39.1 Å². The van der Waals surface area contributed by atoms with Gasteiger partial charge in [0.2, 0.25) is 0 Å². The van der Waals surface area contributed by atoms with Gasteiger partial charge < -0.3 is 10.2 Å². The molecule has 0 spiro atoms. The van der Waals surface area contributed by atoms with Gasteiger partial charge in [0.25, 0.3) is 0 Å². The van der Waals surface area contributed by atoms with Crippen molar-refractivity contribution in [1.82, 2.24) is 5.32 Å². The number of nitrogens with zero attached hydrogens (tertiary/aromatic N) is 2. The van der Waals surface area contributed by atoms with E-state index in [1.807, 2.05) is 19.1 Å². The number of hydrogen-bond acceptors (Lipinski definition) is 3. The Hall–Kier alpha value is -1.53. The summed E-state index contributed by atoms with van der Waals surface area (Å²) >= 11 is 0. The minimum absolute atomic E-state index is 0.597. The van der Waals surface area contributed by atoms with Crippen molar-refractivity contribution < 1.29 is 0 Å². The van der Waals surface area contributed by atoms with Crippen molar-refractivity contribution >= 4 is 5.69 Å². The smallest absolute Gasteiger partial charge is 0.0994 e. The predicted octanol–water partition coefficient (Wildman–Crippen LogP) is 2.45. The standard InChI is InChI=1S/C15H21N3/c1-12-9-15(7-6-13(12)10-16)18(2)11-14-5-3-4-8-17-14/h6-7,9,14,17H,3-5,8,11H2,1-2H3. The van der Waals surface area contributed by atoms with E-state index < -0.39 is 0 Å². The number of likely N-dealkylation sites (N-methyl/N-ethyl adjacent to an activating group) is 1. The second kappa shape index (κ2) is 5.88. The first-order valence-electron chi connectivity index (χ1n) is 6.66. The van der Waals surface area contributed by atoms with Crippen LogP contribution in [0.3, 0.4) is 0 Å². The van der Waals surface area contributed by atoms with Crippen LogP contribution in [-0.4, -0.2) is 26.2 Å². The Morgan fingerprint density at radius 1 is 1.44 bits per heavy atom. The molecular formula is C15H21N3. The summed E-state index contributed by atoms with van der Waals surface area (Å²) < 4.78 is 0. The van der Waals surface area contributed by atoms with Gasteiger partial charge in [-0.1, -0.05) is 6.42 Å². The number of nitrogens with one attached hydrogen (secondary N) is 1. The second-order valence-electron chi connectivity index (χ2n) is 5.14. The van der Waals surface area contributed by atoms with Gasteiger partial charge in [0.15, 0.2) is 0 Å². The summed E-state index contributed by atoms with van der Waals surface area (Å²) in [7, 11) is 2.12. The third-order valence-electron chi connectivity index (χ3n) is 3.68. The van der Waals surface area contributed by atoms with E-state index in [9.17, 15) is 0 Å². The fraction of sp³-hybridized carbons (Fsp3) is 0.533. The maximum atomic E-state index is 8.94. The van der Waals surface area contributed by atoms with Crippen molar-refractivity contribution in [2.24, 2.45) is 0 Å². The van der Waals surface area contributed by atoms with Crippen LogP contribution in [0.25, 0.3) is 0 Å². The first-order valence-corrected chi connectivity index (χ1v) is 6.66. The fourth-order valence-corrected chi connectivity index (χ4v) is 2.53. The quantitative estimate of drug-likeness (QED) is 0.886. The SMILES string of the molecule is Cc1cc(N(C)CC2CCCCN2)ccc1C#N. The highest BCUT2D eigenvalue weighted by atomic mass is 15.1. The second-order valence-corrected chi connectivity index (χ2v) is 5.14. The fourth-order valence-electron chi connectivity index (χ4n) is 2.53. The van der Waals surface area contributed by atoms with Crippen LogP contribution in [0.15, 0.2) is 18.2 Å². The van der Waals surface area contributed by atoms with Crippen molar-refractivity contribution in [3.05, 3.63) is 29.3 Å². The van der Waals surface area contributed by atoms with Crippen LogP contribution in [0.5, 0.6) is 0 Å². The van der Waals surface area contributed by atoms with Crippen LogP contribution in [0.4, 0.5) is 5.69 Å². The number of nitriles is 1.